The monoisotopic (exact) mass is 1930 g/mol. The molecule has 0 amide bonds. The Labute approximate surface area is 850 Å². The van der Waals surface area contributed by atoms with Crippen LogP contribution < -0.4 is 15.2 Å². The molecule has 8 aromatic carbocycles. The first-order chi connectivity index (χ1) is 64.3. The summed E-state index contributed by atoms with van der Waals surface area (Å²) in [6, 6.07) is 56.4. The van der Waals surface area contributed by atoms with E-state index >= 15 is 0 Å². The molecule has 0 radical (unpaired) electrons. The molecule has 1 saturated heterocycles. The number of nitrogens with one attached hydrogen (secondary N) is 1. The van der Waals surface area contributed by atoms with Gasteiger partial charge in [0.1, 0.15) is 5.75 Å². The van der Waals surface area contributed by atoms with Gasteiger partial charge in [0.2, 0.25) is 0 Å². The zero-order valence-electron chi connectivity index (χ0n) is 92.3. The van der Waals surface area contributed by atoms with Gasteiger partial charge in [0.25, 0.3) is 0 Å². The molecule has 20 unspecified atom stereocenters. The van der Waals surface area contributed by atoms with E-state index in [4.69, 9.17) is 14.7 Å². The fourth-order valence-corrected chi connectivity index (χ4v) is 28.3. The average molecular weight is 1930 g/mol. The Hall–Kier alpha value is -7.14. The molecular weight excluding hydrogens is 1740 g/mol. The molecule has 8 saturated carbocycles. The lowest BCUT2D eigenvalue weighted by atomic mass is 9.57. The summed E-state index contributed by atoms with van der Waals surface area (Å²) in [6.07, 6.45) is 23.1. The highest BCUT2D eigenvalue weighted by molar-refractivity contribution is 7.88. The van der Waals surface area contributed by atoms with Crippen LogP contribution >= 0.6 is 0 Å². The first kappa shape index (κ1) is 110. The third kappa shape index (κ3) is 26.6. The SMILES string of the molecule is C.C1CCOC1.CC(C)(C)c1cc(-c2cc(N)cc(-c3cc(C(C)(C)C)cc(C(C)(C)C)c3)c2)cc(C(C)(C)C)c1.CC1CC2CC(C)C(c3cc(Nc4cc(-c5cc(C(C)(C)C)cc(C(C)(C)C)c5)cc(-c5cc(C(C)(C)C)cc(C(C)(C)C)c5)c4)cc(C4C(C)CC5CC(C)CC4C5)c3)C(C1)C2.CC1CC2CC(C)C(c3cc(OS(=O)(=O)C(F)(F)F)cc(C4C(C)CC5CC(C)CC4C5)c3)C(C1)C2. The summed E-state index contributed by atoms with van der Waals surface area (Å²) < 4.78 is 73.5. The molecule has 8 aromatic rings. The van der Waals surface area contributed by atoms with Gasteiger partial charge in [0, 0.05) is 30.3 Å². The van der Waals surface area contributed by atoms with Crippen LogP contribution in [-0.2, 0) is 58.2 Å². The zero-order chi connectivity index (χ0) is 102. The van der Waals surface area contributed by atoms with Crippen molar-refractivity contribution in [2.75, 3.05) is 24.3 Å². The van der Waals surface area contributed by atoms with Gasteiger partial charge in [0.15, 0.2) is 0 Å². The number of benzene rings is 8. The van der Waals surface area contributed by atoms with Crippen LogP contribution in [0, 0.1) is 94.7 Å². The third-order valence-corrected chi connectivity index (χ3v) is 35.5. The highest BCUT2D eigenvalue weighted by atomic mass is 32.2. The molecule has 0 spiro atoms. The van der Waals surface area contributed by atoms with Crippen LogP contribution in [0.4, 0.5) is 30.2 Å². The van der Waals surface area contributed by atoms with E-state index in [0.29, 0.717) is 59.2 Å². The van der Waals surface area contributed by atoms with E-state index in [0.717, 1.165) is 116 Å². The minimum absolute atomic E-state index is 0. The molecule has 8 bridgehead atoms. The number of nitrogens with two attached hydrogens (primary N) is 1. The molecule has 0 aromatic heterocycles. The number of alkyl halides is 3. The quantitative estimate of drug-likeness (QED) is 0.0720. The number of hydrogen-bond acceptors (Lipinski definition) is 6. The van der Waals surface area contributed by atoms with Crippen molar-refractivity contribution in [3.63, 3.8) is 0 Å². The third-order valence-electron chi connectivity index (χ3n) is 34.6. The van der Waals surface area contributed by atoms with Gasteiger partial charge in [-0.15, -0.1) is 0 Å². The number of nitrogen functional groups attached to an aromatic ring is 1. The van der Waals surface area contributed by atoms with Crippen molar-refractivity contribution in [3.05, 3.63) is 212 Å². The first-order valence-electron chi connectivity index (χ1n) is 54.7. The minimum atomic E-state index is -5.72. The fourth-order valence-electron chi connectivity index (χ4n) is 27.8. The van der Waals surface area contributed by atoms with Crippen LogP contribution in [0.25, 0.3) is 44.5 Å². The van der Waals surface area contributed by atoms with Crippen LogP contribution in [0.1, 0.15) is 435 Å². The topological polar surface area (TPSA) is 90.7 Å². The molecule has 9 fully saturated rings. The second-order valence-corrected chi connectivity index (χ2v) is 57.2. The maximum Gasteiger partial charge on any atom is 0.534 e. The number of hydrogen-bond donors (Lipinski definition) is 2. The van der Waals surface area contributed by atoms with Gasteiger partial charge in [-0.2, -0.15) is 21.6 Å². The van der Waals surface area contributed by atoms with E-state index in [1.807, 2.05) is 0 Å². The molecule has 3 N–H and O–H groups in total. The lowest BCUT2D eigenvalue weighted by Crippen LogP contribution is -2.37. The maximum atomic E-state index is 13.3. The van der Waals surface area contributed by atoms with Crippen LogP contribution in [0.5, 0.6) is 5.75 Å². The molecular formula is C130H187F3N2O4S. The number of fused-ring (bicyclic) bond motifs is 8. The average Bonchev–Trinajstić information content (AvgIpc) is 0.780. The Morgan fingerprint density at radius 1 is 0.286 bits per heavy atom. The van der Waals surface area contributed by atoms with Gasteiger partial charge in [-0.05, 0) is 449 Å². The molecule has 17 rings (SSSR count). The Morgan fingerprint density at radius 3 is 0.729 bits per heavy atom. The first-order valence-corrected chi connectivity index (χ1v) is 56.1. The van der Waals surface area contributed by atoms with E-state index in [2.05, 4.69) is 360 Å². The van der Waals surface area contributed by atoms with Crippen molar-refractivity contribution in [1.29, 1.82) is 0 Å². The van der Waals surface area contributed by atoms with Crippen LogP contribution in [0.15, 0.2) is 146 Å². The summed E-state index contributed by atoms with van der Waals surface area (Å²) in [5.41, 5.74) is 31.0. The van der Waals surface area contributed by atoms with Gasteiger partial charge in [-0.25, -0.2) is 0 Å². The van der Waals surface area contributed by atoms with Gasteiger partial charge >= 0.3 is 15.6 Å². The minimum Gasteiger partial charge on any atom is -0.399 e. The second kappa shape index (κ2) is 42.0. The molecule has 10 heteroatoms. The van der Waals surface area contributed by atoms with Crippen molar-refractivity contribution in [1.82, 2.24) is 0 Å². The fraction of sp³-hybridized carbons (Fsp3) is 0.631. The molecule has 140 heavy (non-hydrogen) atoms. The molecule has 1 heterocycles. The van der Waals surface area contributed by atoms with Gasteiger partial charge in [-0.3, -0.25) is 0 Å². The molecule has 768 valence electrons. The van der Waals surface area contributed by atoms with Crippen LogP contribution in [-0.4, -0.2) is 27.1 Å². The molecule has 8 aliphatic carbocycles. The standard InChI is InChI=1S/C62H87N.C34H47N.C29H41F3O3S.C4H8O.CH4/c1-37-17-41-21-39(3)57(47(19-37)23-41)49-26-50(58-40(4)22-42-18-38(2)20-48(58)24-42)34-56(33-49)63-55-31-43(45-27-51(59(5,6)7)35-52(28-45)60(8,9)10)25-44(32-55)46-29-53(61(11,12)13)36-54(30-46)62(14,15)16;1-31(2,3)26-14-24(15-27(20-26)32(4,5)6)22-13-23(19-30(35)18-22)25-16-28(33(7,8)9)21-29(17-25)34(10,11)12;1-16-5-20-9-18(3)27(22(7-16)11-20)24-13-25(15-26(14-24)35-36(33,34)29(30,31)32)28-19(4)10-21-6-17(2)8-23(28)12-21;1-2-4-5-3-1;/h25-42,47-48,57-58,63H,17-24H2,1-16H3;13-21H,35H2,1-12H3;13-23,27-28H,5-12H2,1-4H3;1-4H2;1H4. The predicted octanol–water partition coefficient (Wildman–Crippen LogP) is 37.8. The van der Waals surface area contributed by atoms with Crippen LogP contribution in [0.2, 0.25) is 0 Å². The van der Waals surface area contributed by atoms with E-state index in [9.17, 15) is 21.6 Å². The Bertz CT molecular complexity index is 5270. The zero-order valence-corrected chi connectivity index (χ0v) is 93.1. The number of ether oxygens (including phenoxy) is 1. The smallest absolute Gasteiger partial charge is 0.399 e. The Balaban J connectivity index is 0.000000183. The van der Waals surface area contributed by atoms with Gasteiger partial charge < -0.3 is 20.0 Å². The van der Waals surface area contributed by atoms with Crippen molar-refractivity contribution < 1.29 is 30.5 Å². The lowest BCUT2D eigenvalue weighted by Gasteiger charge is -2.48. The van der Waals surface area contributed by atoms with E-state index in [1.54, 1.807) is 23.3 Å². The Morgan fingerprint density at radius 2 is 0.507 bits per heavy atom. The van der Waals surface area contributed by atoms with Crippen LogP contribution in [0.3, 0.4) is 0 Å². The summed E-state index contributed by atoms with van der Waals surface area (Å²) in [5, 5.41) is 4.22. The number of halogens is 3. The highest BCUT2D eigenvalue weighted by Gasteiger charge is 2.51. The number of anilines is 3. The van der Waals surface area contributed by atoms with Crippen molar-refractivity contribution in [3.8, 4) is 50.3 Å². The predicted molar refractivity (Wildman–Crippen MR) is 593 cm³/mol. The van der Waals surface area contributed by atoms with E-state index in [1.165, 1.54) is 177 Å². The van der Waals surface area contributed by atoms with Crippen molar-refractivity contribution in [2.45, 2.75) is 417 Å². The molecule has 20 atom stereocenters. The molecule has 9 aliphatic rings. The summed E-state index contributed by atoms with van der Waals surface area (Å²) in [4.78, 5) is 0. The van der Waals surface area contributed by atoms with Crippen molar-refractivity contribution in [2.24, 2.45) is 94.7 Å². The summed E-state index contributed by atoms with van der Waals surface area (Å²) >= 11 is 0. The van der Waals surface area contributed by atoms with E-state index < -0.39 is 15.6 Å². The molecule has 6 nitrogen and oxygen atoms in total. The van der Waals surface area contributed by atoms with E-state index in [-0.39, 0.29) is 68.3 Å². The maximum absolute atomic E-state index is 13.3. The summed E-state index contributed by atoms with van der Waals surface area (Å²) in [7, 11) is -5.72. The Kier molecular flexibility index (Phi) is 33.0. The largest absolute Gasteiger partial charge is 0.534 e. The lowest BCUT2D eigenvalue weighted by molar-refractivity contribution is -0.0500. The summed E-state index contributed by atoms with van der Waals surface area (Å²) in [5.74, 6) is 12.6. The van der Waals surface area contributed by atoms with Crippen molar-refractivity contribution >= 4 is 27.2 Å². The van der Waals surface area contributed by atoms with Gasteiger partial charge in [0.05, 0.1) is 0 Å². The van der Waals surface area contributed by atoms with Gasteiger partial charge in [-0.1, -0.05) is 314 Å². The second-order valence-electron chi connectivity index (χ2n) is 55.7. The highest BCUT2D eigenvalue weighted by Crippen LogP contribution is 2.60. The molecule has 1 aliphatic heterocycles. The normalized spacial score (nSPS) is 27.8. The summed E-state index contributed by atoms with van der Waals surface area (Å²) in [6.45, 7) is 77.2. The number of rotatable bonds is 12.